The van der Waals surface area contributed by atoms with Crippen LogP contribution in [-0.4, -0.2) is 15.7 Å². The van der Waals surface area contributed by atoms with Crippen LogP contribution in [0.25, 0.3) is 38.2 Å². The van der Waals surface area contributed by atoms with Crippen molar-refractivity contribution >= 4 is 45.4 Å². The van der Waals surface area contributed by atoms with Gasteiger partial charge in [-0.25, -0.2) is 0 Å². The third kappa shape index (κ3) is 3.78. The van der Waals surface area contributed by atoms with Gasteiger partial charge >= 0.3 is 0 Å². The standard InChI is InChI=1S/C30H23N3S3/c1-7-25(28-10-4-16-34-28)31(13-1)22-19-23(32-14-2-8-26(32)29-11-5-17-35-29)21-24(20-22)33-15-3-9-27(33)30-12-6-18-36-30/h1-2,4-14,16-21H,3,15H2. The summed E-state index contributed by atoms with van der Waals surface area (Å²) in [5, 5.41) is 6.45. The molecule has 0 bridgehead atoms. The topological polar surface area (TPSA) is 13.1 Å². The van der Waals surface area contributed by atoms with E-state index in [1.807, 2.05) is 0 Å². The van der Waals surface area contributed by atoms with E-state index >= 15 is 0 Å². The highest BCUT2D eigenvalue weighted by atomic mass is 32.1. The van der Waals surface area contributed by atoms with Gasteiger partial charge in [0, 0.05) is 36.0 Å². The number of rotatable bonds is 6. The molecule has 1 aliphatic rings. The molecule has 0 atom stereocenters. The zero-order chi connectivity index (χ0) is 23.9. The highest BCUT2D eigenvalue weighted by Crippen LogP contribution is 2.38. The summed E-state index contributed by atoms with van der Waals surface area (Å²) in [4.78, 5) is 6.33. The molecule has 0 fully saturated rings. The van der Waals surface area contributed by atoms with Gasteiger partial charge < -0.3 is 14.0 Å². The Balaban J connectivity index is 1.41. The molecule has 3 nitrogen and oxygen atoms in total. The van der Waals surface area contributed by atoms with Crippen molar-refractivity contribution in [3.8, 4) is 32.5 Å². The molecule has 0 N–H and O–H groups in total. The van der Waals surface area contributed by atoms with Crippen molar-refractivity contribution in [1.82, 2.24) is 9.13 Å². The lowest BCUT2D eigenvalue weighted by Gasteiger charge is -2.24. The number of aromatic nitrogens is 2. The second-order valence-electron chi connectivity index (χ2n) is 8.70. The number of hydrogen-bond donors (Lipinski definition) is 0. The second kappa shape index (κ2) is 9.13. The molecule has 6 heterocycles. The molecule has 1 aliphatic heterocycles. The Bertz CT molecular complexity index is 1540. The molecule has 0 amide bonds. The first-order chi connectivity index (χ1) is 17.8. The Morgan fingerprint density at radius 1 is 0.556 bits per heavy atom. The molecule has 0 spiro atoms. The summed E-state index contributed by atoms with van der Waals surface area (Å²) in [5.41, 5.74) is 7.30. The third-order valence-electron chi connectivity index (χ3n) is 6.55. The van der Waals surface area contributed by atoms with E-state index in [0.29, 0.717) is 0 Å². The smallest absolute Gasteiger partial charge is 0.0628 e. The number of nitrogens with zero attached hydrogens (tertiary/aromatic N) is 3. The molecule has 5 aromatic heterocycles. The fourth-order valence-electron chi connectivity index (χ4n) is 4.96. The van der Waals surface area contributed by atoms with Gasteiger partial charge in [-0.15, -0.1) is 34.0 Å². The van der Waals surface area contributed by atoms with E-state index in [4.69, 9.17) is 0 Å². The molecular formula is C30H23N3S3. The fourth-order valence-corrected chi connectivity index (χ4v) is 7.23. The molecule has 0 radical (unpaired) electrons. The van der Waals surface area contributed by atoms with Gasteiger partial charge in [0.1, 0.15) is 0 Å². The molecular weight excluding hydrogens is 499 g/mol. The summed E-state index contributed by atoms with van der Waals surface area (Å²) in [6.07, 6.45) is 7.78. The van der Waals surface area contributed by atoms with Crippen LogP contribution in [0.2, 0.25) is 0 Å². The largest absolute Gasteiger partial charge is 0.340 e. The monoisotopic (exact) mass is 521 g/mol. The van der Waals surface area contributed by atoms with E-state index in [9.17, 15) is 0 Å². The first-order valence-electron chi connectivity index (χ1n) is 11.9. The number of benzene rings is 1. The van der Waals surface area contributed by atoms with Crippen LogP contribution in [0.5, 0.6) is 0 Å². The van der Waals surface area contributed by atoms with E-state index in [2.05, 4.69) is 128 Å². The Morgan fingerprint density at radius 2 is 1.08 bits per heavy atom. The molecule has 36 heavy (non-hydrogen) atoms. The number of hydrogen-bond acceptors (Lipinski definition) is 4. The molecule has 6 heteroatoms. The van der Waals surface area contributed by atoms with E-state index in [-0.39, 0.29) is 0 Å². The maximum atomic E-state index is 2.47. The molecule has 7 rings (SSSR count). The van der Waals surface area contributed by atoms with Crippen LogP contribution < -0.4 is 4.90 Å². The maximum absolute atomic E-state index is 2.47. The van der Waals surface area contributed by atoms with E-state index in [1.165, 1.54) is 48.8 Å². The lowest BCUT2D eigenvalue weighted by Crippen LogP contribution is -2.18. The molecule has 6 aromatic rings. The first kappa shape index (κ1) is 21.7. The summed E-state index contributed by atoms with van der Waals surface area (Å²) in [6, 6.07) is 28.7. The highest BCUT2D eigenvalue weighted by molar-refractivity contribution is 7.13. The quantitative estimate of drug-likeness (QED) is 0.213. The van der Waals surface area contributed by atoms with Gasteiger partial charge in [-0.3, -0.25) is 0 Å². The summed E-state index contributed by atoms with van der Waals surface area (Å²) < 4.78 is 4.63. The van der Waals surface area contributed by atoms with Gasteiger partial charge in [0.15, 0.2) is 0 Å². The molecule has 0 saturated carbocycles. The van der Waals surface area contributed by atoms with Gasteiger partial charge in [-0.05, 0) is 83.2 Å². The highest BCUT2D eigenvalue weighted by Gasteiger charge is 2.21. The average molecular weight is 522 g/mol. The van der Waals surface area contributed by atoms with Crippen molar-refractivity contribution in [1.29, 1.82) is 0 Å². The van der Waals surface area contributed by atoms with Gasteiger partial charge in [-0.1, -0.05) is 24.3 Å². The van der Waals surface area contributed by atoms with Crippen LogP contribution >= 0.6 is 34.0 Å². The Labute approximate surface area is 222 Å². The third-order valence-corrected chi connectivity index (χ3v) is 9.23. The minimum absolute atomic E-state index is 0.989. The van der Waals surface area contributed by atoms with Gasteiger partial charge in [0.25, 0.3) is 0 Å². The maximum Gasteiger partial charge on any atom is 0.0628 e. The molecule has 176 valence electrons. The zero-order valence-electron chi connectivity index (χ0n) is 19.5. The SMILES string of the molecule is C1=C(c2cccs2)N(c2cc(-n3cccc3-c3cccs3)cc(-n3cccc3-c3cccs3)c2)CC1. The Kier molecular flexibility index (Phi) is 5.50. The normalized spacial score (nSPS) is 13.4. The van der Waals surface area contributed by atoms with E-state index < -0.39 is 0 Å². The average Bonchev–Trinajstić information content (AvgIpc) is 3.76. The van der Waals surface area contributed by atoms with Crippen LogP contribution in [0.3, 0.4) is 0 Å². The summed E-state index contributed by atoms with van der Waals surface area (Å²) in [5.74, 6) is 0. The Hall–Kier alpha value is -3.58. The van der Waals surface area contributed by atoms with Gasteiger partial charge in [0.05, 0.1) is 31.7 Å². The summed E-state index contributed by atoms with van der Waals surface area (Å²) in [6.45, 7) is 0.989. The van der Waals surface area contributed by atoms with E-state index in [1.54, 1.807) is 34.0 Å². The van der Waals surface area contributed by atoms with E-state index in [0.717, 1.165) is 13.0 Å². The number of anilines is 1. The summed E-state index contributed by atoms with van der Waals surface area (Å²) >= 11 is 5.36. The summed E-state index contributed by atoms with van der Waals surface area (Å²) in [7, 11) is 0. The van der Waals surface area contributed by atoms with Crippen molar-refractivity contribution in [2.24, 2.45) is 0 Å². The Morgan fingerprint density at radius 3 is 1.61 bits per heavy atom. The molecule has 0 unspecified atom stereocenters. The van der Waals surface area contributed by atoms with Crippen LogP contribution in [0.1, 0.15) is 11.3 Å². The van der Waals surface area contributed by atoms with Crippen molar-refractivity contribution in [3.05, 3.63) is 118 Å². The van der Waals surface area contributed by atoms with Crippen molar-refractivity contribution in [3.63, 3.8) is 0 Å². The van der Waals surface area contributed by atoms with Crippen LogP contribution in [0.4, 0.5) is 5.69 Å². The van der Waals surface area contributed by atoms with Crippen molar-refractivity contribution in [2.45, 2.75) is 6.42 Å². The minimum Gasteiger partial charge on any atom is -0.340 e. The zero-order valence-corrected chi connectivity index (χ0v) is 21.9. The van der Waals surface area contributed by atoms with Crippen LogP contribution in [0, 0.1) is 0 Å². The minimum atomic E-state index is 0.989. The lowest BCUT2D eigenvalue weighted by atomic mass is 10.2. The van der Waals surface area contributed by atoms with Crippen LogP contribution in [-0.2, 0) is 0 Å². The predicted molar refractivity (Wildman–Crippen MR) is 156 cm³/mol. The molecule has 0 aliphatic carbocycles. The van der Waals surface area contributed by atoms with Crippen molar-refractivity contribution in [2.75, 3.05) is 11.4 Å². The van der Waals surface area contributed by atoms with Gasteiger partial charge in [-0.2, -0.15) is 0 Å². The fraction of sp³-hybridized carbons (Fsp3) is 0.0667. The second-order valence-corrected chi connectivity index (χ2v) is 11.5. The van der Waals surface area contributed by atoms with Gasteiger partial charge in [0.2, 0.25) is 0 Å². The lowest BCUT2D eigenvalue weighted by molar-refractivity contribution is 0.993. The first-order valence-corrected chi connectivity index (χ1v) is 14.6. The molecule has 1 aromatic carbocycles. The van der Waals surface area contributed by atoms with Crippen LogP contribution in [0.15, 0.2) is 113 Å². The van der Waals surface area contributed by atoms with Crippen molar-refractivity contribution < 1.29 is 0 Å². The predicted octanol–water partition coefficient (Wildman–Crippen LogP) is 9.04. The number of thiophene rings is 3. The molecule has 0 saturated heterocycles.